The molecule has 2 atom stereocenters. The van der Waals surface area contributed by atoms with Gasteiger partial charge in [-0.1, -0.05) is 19.8 Å². The first-order valence-electron chi connectivity index (χ1n) is 7.09. The molecule has 1 aromatic heterocycles. The van der Waals surface area contributed by atoms with Crippen molar-refractivity contribution in [3.63, 3.8) is 0 Å². The average Bonchev–Trinajstić information content (AvgIpc) is 2.80. The molecular weight excluding hydrogens is 258 g/mol. The highest BCUT2D eigenvalue weighted by Gasteiger charge is 2.32. The summed E-state index contributed by atoms with van der Waals surface area (Å²) >= 11 is 0. The van der Waals surface area contributed by atoms with Gasteiger partial charge in [0.2, 0.25) is 0 Å². The smallest absolute Gasteiger partial charge is 0.308 e. The SMILES string of the molecule is CCc1cc(C(=O)NC2CCCCC2C(=O)O)n(C)n1. The molecule has 0 spiro atoms. The summed E-state index contributed by atoms with van der Waals surface area (Å²) in [5.74, 6) is -1.54. The minimum atomic E-state index is -0.825. The van der Waals surface area contributed by atoms with Crippen LogP contribution in [0.5, 0.6) is 0 Å². The molecular formula is C14H21N3O3. The van der Waals surface area contributed by atoms with Crippen LogP contribution in [0.2, 0.25) is 0 Å². The molecule has 6 heteroatoms. The van der Waals surface area contributed by atoms with Gasteiger partial charge in [-0.15, -0.1) is 0 Å². The zero-order valence-electron chi connectivity index (χ0n) is 11.9. The van der Waals surface area contributed by atoms with Crippen LogP contribution in [0, 0.1) is 5.92 Å². The van der Waals surface area contributed by atoms with E-state index in [4.69, 9.17) is 0 Å². The van der Waals surface area contributed by atoms with Crippen LogP contribution in [0.25, 0.3) is 0 Å². The number of amides is 1. The normalized spacial score (nSPS) is 22.5. The molecule has 1 saturated carbocycles. The fourth-order valence-electron chi connectivity index (χ4n) is 2.75. The van der Waals surface area contributed by atoms with Gasteiger partial charge in [-0.3, -0.25) is 14.3 Å². The summed E-state index contributed by atoms with van der Waals surface area (Å²) in [6, 6.07) is 1.47. The number of carboxylic acid groups (broad SMARTS) is 1. The van der Waals surface area contributed by atoms with E-state index in [2.05, 4.69) is 10.4 Å². The van der Waals surface area contributed by atoms with Gasteiger partial charge in [0, 0.05) is 13.1 Å². The maximum atomic E-state index is 12.3. The maximum Gasteiger partial charge on any atom is 0.308 e. The van der Waals surface area contributed by atoms with Gasteiger partial charge in [0.15, 0.2) is 0 Å². The fourth-order valence-corrected chi connectivity index (χ4v) is 2.75. The predicted octanol–water partition coefficient (Wildman–Crippen LogP) is 1.36. The molecule has 0 aliphatic heterocycles. The Morgan fingerprint density at radius 3 is 2.75 bits per heavy atom. The van der Waals surface area contributed by atoms with E-state index in [0.717, 1.165) is 31.4 Å². The third kappa shape index (κ3) is 3.00. The van der Waals surface area contributed by atoms with Crippen molar-refractivity contribution in [1.29, 1.82) is 0 Å². The highest BCUT2D eigenvalue weighted by Crippen LogP contribution is 2.25. The topological polar surface area (TPSA) is 84.2 Å². The molecule has 0 saturated heterocycles. The molecule has 1 amide bonds. The molecule has 1 fully saturated rings. The van der Waals surface area contributed by atoms with Gasteiger partial charge >= 0.3 is 5.97 Å². The first-order valence-corrected chi connectivity index (χ1v) is 7.09. The van der Waals surface area contributed by atoms with Gasteiger partial charge in [-0.05, 0) is 25.3 Å². The van der Waals surface area contributed by atoms with E-state index < -0.39 is 11.9 Å². The number of carboxylic acids is 1. The number of carbonyl (C=O) groups is 2. The quantitative estimate of drug-likeness (QED) is 0.871. The molecule has 0 radical (unpaired) electrons. The number of hydrogen-bond donors (Lipinski definition) is 2. The summed E-state index contributed by atoms with van der Waals surface area (Å²) in [5, 5.41) is 16.3. The number of aliphatic carboxylic acids is 1. The van der Waals surface area contributed by atoms with Crippen LogP contribution in [0.15, 0.2) is 6.07 Å². The fraction of sp³-hybridized carbons (Fsp3) is 0.643. The lowest BCUT2D eigenvalue weighted by atomic mass is 9.84. The van der Waals surface area contributed by atoms with Crippen LogP contribution in [-0.2, 0) is 18.3 Å². The maximum absolute atomic E-state index is 12.3. The third-order valence-electron chi connectivity index (χ3n) is 3.92. The molecule has 2 N–H and O–H groups in total. The number of nitrogens with zero attached hydrogens (tertiary/aromatic N) is 2. The van der Waals surface area contributed by atoms with E-state index in [9.17, 15) is 14.7 Å². The summed E-state index contributed by atoms with van der Waals surface area (Å²) in [6.45, 7) is 1.98. The van der Waals surface area contributed by atoms with Crippen LogP contribution in [0.1, 0.15) is 48.8 Å². The molecule has 0 bridgehead atoms. The molecule has 1 aliphatic rings. The zero-order valence-corrected chi connectivity index (χ0v) is 11.9. The van der Waals surface area contributed by atoms with E-state index in [-0.39, 0.29) is 11.9 Å². The molecule has 1 aliphatic carbocycles. The summed E-state index contributed by atoms with van der Waals surface area (Å²) in [6.07, 6.45) is 3.99. The minimum Gasteiger partial charge on any atom is -0.481 e. The molecule has 110 valence electrons. The monoisotopic (exact) mass is 279 g/mol. The van der Waals surface area contributed by atoms with E-state index in [1.165, 1.54) is 0 Å². The second-order valence-corrected chi connectivity index (χ2v) is 5.31. The molecule has 0 aromatic carbocycles. The Balaban J connectivity index is 2.09. The lowest BCUT2D eigenvalue weighted by Crippen LogP contribution is -2.45. The van der Waals surface area contributed by atoms with Crippen LogP contribution < -0.4 is 5.32 Å². The number of aryl methyl sites for hydroxylation is 2. The lowest BCUT2D eigenvalue weighted by Gasteiger charge is -2.29. The van der Waals surface area contributed by atoms with Crippen molar-refractivity contribution in [1.82, 2.24) is 15.1 Å². The number of rotatable bonds is 4. The second kappa shape index (κ2) is 6.07. The van der Waals surface area contributed by atoms with Crippen LogP contribution in [0.3, 0.4) is 0 Å². The van der Waals surface area contributed by atoms with E-state index >= 15 is 0 Å². The molecule has 1 heterocycles. The third-order valence-corrected chi connectivity index (χ3v) is 3.92. The highest BCUT2D eigenvalue weighted by molar-refractivity contribution is 5.93. The van der Waals surface area contributed by atoms with Crippen molar-refractivity contribution < 1.29 is 14.7 Å². The van der Waals surface area contributed by atoms with E-state index in [1.807, 2.05) is 6.92 Å². The second-order valence-electron chi connectivity index (χ2n) is 5.31. The van der Waals surface area contributed by atoms with Crippen molar-refractivity contribution >= 4 is 11.9 Å². The average molecular weight is 279 g/mol. The molecule has 1 aromatic rings. The van der Waals surface area contributed by atoms with Crippen molar-refractivity contribution in [2.45, 2.75) is 45.1 Å². The Labute approximate surface area is 118 Å². The molecule has 6 nitrogen and oxygen atoms in total. The number of carbonyl (C=O) groups excluding carboxylic acids is 1. The van der Waals surface area contributed by atoms with Crippen molar-refractivity contribution in [2.24, 2.45) is 13.0 Å². The van der Waals surface area contributed by atoms with Crippen LogP contribution >= 0.6 is 0 Å². The van der Waals surface area contributed by atoms with Crippen molar-refractivity contribution in [3.8, 4) is 0 Å². The first kappa shape index (κ1) is 14.6. The van der Waals surface area contributed by atoms with Gasteiger partial charge in [0.05, 0.1) is 11.6 Å². The van der Waals surface area contributed by atoms with E-state index in [0.29, 0.717) is 12.1 Å². The van der Waals surface area contributed by atoms with Gasteiger partial charge < -0.3 is 10.4 Å². The van der Waals surface area contributed by atoms with Gasteiger partial charge in [0.25, 0.3) is 5.91 Å². The minimum absolute atomic E-state index is 0.238. The lowest BCUT2D eigenvalue weighted by molar-refractivity contribution is -0.143. The van der Waals surface area contributed by atoms with Crippen LogP contribution in [-0.4, -0.2) is 32.8 Å². The van der Waals surface area contributed by atoms with Crippen LogP contribution in [0.4, 0.5) is 0 Å². The summed E-state index contributed by atoms with van der Waals surface area (Å²) in [5.41, 5.74) is 1.34. The van der Waals surface area contributed by atoms with E-state index in [1.54, 1.807) is 17.8 Å². The van der Waals surface area contributed by atoms with Gasteiger partial charge in [-0.2, -0.15) is 5.10 Å². The Kier molecular flexibility index (Phi) is 4.42. The number of hydrogen-bond acceptors (Lipinski definition) is 3. The van der Waals surface area contributed by atoms with Crippen molar-refractivity contribution in [2.75, 3.05) is 0 Å². The Morgan fingerprint density at radius 1 is 1.45 bits per heavy atom. The molecule has 20 heavy (non-hydrogen) atoms. The zero-order chi connectivity index (χ0) is 14.7. The van der Waals surface area contributed by atoms with Gasteiger partial charge in [0.1, 0.15) is 5.69 Å². The molecule has 2 unspecified atom stereocenters. The standard InChI is InChI=1S/C14H21N3O3/c1-3-9-8-12(17(2)16-9)13(18)15-11-7-5-4-6-10(11)14(19)20/h8,10-11H,3-7H2,1-2H3,(H,15,18)(H,19,20). The first-order chi connectivity index (χ1) is 9.52. The highest BCUT2D eigenvalue weighted by atomic mass is 16.4. The molecule has 2 rings (SSSR count). The summed E-state index contributed by atoms with van der Waals surface area (Å²) < 4.78 is 1.55. The number of aromatic nitrogens is 2. The van der Waals surface area contributed by atoms with Crippen molar-refractivity contribution in [3.05, 3.63) is 17.5 Å². The Hall–Kier alpha value is -1.85. The Bertz CT molecular complexity index is 510. The van der Waals surface area contributed by atoms with Gasteiger partial charge in [-0.25, -0.2) is 0 Å². The summed E-state index contributed by atoms with van der Waals surface area (Å²) in [4.78, 5) is 23.5. The number of nitrogens with one attached hydrogen (secondary N) is 1. The largest absolute Gasteiger partial charge is 0.481 e. The predicted molar refractivity (Wildman–Crippen MR) is 73.4 cm³/mol. The summed E-state index contributed by atoms with van der Waals surface area (Å²) in [7, 11) is 1.73. The Morgan fingerprint density at radius 2 is 2.15 bits per heavy atom.